The van der Waals surface area contributed by atoms with Gasteiger partial charge in [-0.3, -0.25) is 0 Å². The van der Waals surface area contributed by atoms with Gasteiger partial charge in [0.15, 0.2) is 0 Å². The third-order valence-corrected chi connectivity index (χ3v) is 4.76. The largest absolute Gasteiger partial charge is 0.355 e. The number of hydrogen-bond acceptors (Lipinski definition) is 2. The number of rotatable bonds is 19. The van der Waals surface area contributed by atoms with Gasteiger partial charge in [0.05, 0.1) is 13.2 Å². The van der Waals surface area contributed by atoms with Gasteiger partial charge in [0, 0.05) is 0 Å². The van der Waals surface area contributed by atoms with Gasteiger partial charge in [0.25, 0.3) is 0 Å². The fourth-order valence-corrected chi connectivity index (χ4v) is 3.03. The van der Waals surface area contributed by atoms with Crippen LogP contribution in [-0.4, -0.2) is 13.4 Å². The Morgan fingerprint density at radius 1 is 0.643 bits per heavy atom. The van der Waals surface area contributed by atoms with Gasteiger partial charge in [-0.2, -0.15) is 0 Å². The number of unbranched alkanes of at least 4 members (excludes halogenated alkanes) is 9. The number of ether oxygens (including phenoxy) is 2. The van der Waals surface area contributed by atoms with Gasteiger partial charge in [-0.05, 0) is 44.1 Å². The Kier molecular flexibility index (Phi) is 17.9. The molecule has 0 aliphatic rings. The van der Waals surface area contributed by atoms with Crippen molar-refractivity contribution in [2.75, 3.05) is 13.4 Å². The van der Waals surface area contributed by atoms with Crippen molar-refractivity contribution < 1.29 is 9.47 Å². The highest BCUT2D eigenvalue weighted by Crippen LogP contribution is 2.10. The van der Waals surface area contributed by atoms with Gasteiger partial charge >= 0.3 is 0 Å². The van der Waals surface area contributed by atoms with Crippen molar-refractivity contribution in [3.8, 4) is 0 Å². The van der Waals surface area contributed by atoms with Crippen LogP contribution in [0.4, 0.5) is 0 Å². The van der Waals surface area contributed by atoms with E-state index in [4.69, 9.17) is 9.47 Å². The van der Waals surface area contributed by atoms with Crippen molar-refractivity contribution in [1.29, 1.82) is 0 Å². The first-order valence-electron chi connectivity index (χ1n) is 11.4. The van der Waals surface area contributed by atoms with Crippen molar-refractivity contribution in [2.45, 2.75) is 90.6 Å². The minimum Gasteiger partial charge on any atom is -0.355 e. The molecule has 1 aromatic carbocycles. The zero-order valence-corrected chi connectivity index (χ0v) is 18.1. The Labute approximate surface area is 174 Å². The second kappa shape index (κ2) is 20.4. The minimum absolute atomic E-state index is 0.372. The van der Waals surface area contributed by atoms with Gasteiger partial charge in [-0.25, -0.2) is 0 Å². The summed E-state index contributed by atoms with van der Waals surface area (Å²) in [6, 6.07) is 10.2. The molecule has 0 saturated carbocycles. The number of hydrogen-bond donors (Lipinski definition) is 0. The van der Waals surface area contributed by atoms with E-state index in [1.165, 1.54) is 76.2 Å². The molecular weight excluding hydrogens is 344 g/mol. The van der Waals surface area contributed by atoms with E-state index in [-0.39, 0.29) is 0 Å². The summed E-state index contributed by atoms with van der Waals surface area (Å²) in [5.41, 5.74) is 1.19. The van der Waals surface area contributed by atoms with Crippen molar-refractivity contribution in [2.24, 2.45) is 0 Å². The second-order valence-corrected chi connectivity index (χ2v) is 7.43. The Morgan fingerprint density at radius 3 is 1.86 bits per heavy atom. The molecule has 0 atom stereocenters. The van der Waals surface area contributed by atoms with Crippen molar-refractivity contribution in [3.05, 3.63) is 60.2 Å². The highest BCUT2D eigenvalue weighted by atomic mass is 16.7. The van der Waals surface area contributed by atoms with Crippen LogP contribution < -0.4 is 0 Å². The monoisotopic (exact) mass is 386 g/mol. The molecule has 0 aromatic heterocycles. The highest BCUT2D eigenvalue weighted by molar-refractivity contribution is 5.13. The maximum atomic E-state index is 5.50. The van der Waals surface area contributed by atoms with Crippen LogP contribution in [0.1, 0.15) is 89.5 Å². The standard InChI is InChI=1S/C26H42O2/c1-2-3-4-5-6-7-8-9-10-11-12-13-14-15-16-20-23-27-25-28-24-26-21-18-17-19-22-26/h5-6,15-19,21-22H,2-4,7-14,20,23-25H2,1H3/b6-5+,16-15+. The first-order valence-corrected chi connectivity index (χ1v) is 11.4. The van der Waals surface area contributed by atoms with E-state index >= 15 is 0 Å². The molecule has 0 saturated heterocycles. The molecule has 0 unspecified atom stereocenters. The molecule has 0 amide bonds. The topological polar surface area (TPSA) is 18.5 Å². The maximum Gasteiger partial charge on any atom is 0.147 e. The number of benzene rings is 1. The molecule has 0 heterocycles. The van der Waals surface area contributed by atoms with Gasteiger partial charge in [0.2, 0.25) is 0 Å². The first kappa shape index (κ1) is 24.7. The summed E-state index contributed by atoms with van der Waals surface area (Å²) in [6.45, 7) is 3.98. The van der Waals surface area contributed by atoms with E-state index in [0.717, 1.165) is 13.0 Å². The van der Waals surface area contributed by atoms with E-state index < -0.39 is 0 Å². The molecule has 0 radical (unpaired) electrons. The van der Waals surface area contributed by atoms with Crippen molar-refractivity contribution in [1.82, 2.24) is 0 Å². The zero-order valence-electron chi connectivity index (χ0n) is 18.1. The lowest BCUT2D eigenvalue weighted by molar-refractivity contribution is -0.0600. The zero-order chi connectivity index (χ0) is 20.0. The normalized spacial score (nSPS) is 11.8. The molecule has 2 heteroatoms. The van der Waals surface area contributed by atoms with Crippen LogP contribution in [0.2, 0.25) is 0 Å². The lowest BCUT2D eigenvalue weighted by Crippen LogP contribution is -2.01. The first-order chi connectivity index (χ1) is 13.9. The molecule has 28 heavy (non-hydrogen) atoms. The minimum atomic E-state index is 0.372. The summed E-state index contributed by atoms with van der Waals surface area (Å²) < 4.78 is 11.0. The van der Waals surface area contributed by atoms with Crippen LogP contribution in [0.3, 0.4) is 0 Å². The summed E-state index contributed by atoms with van der Waals surface area (Å²) in [6.07, 6.45) is 24.8. The average molecular weight is 387 g/mol. The summed E-state index contributed by atoms with van der Waals surface area (Å²) in [5.74, 6) is 0. The van der Waals surface area contributed by atoms with E-state index in [9.17, 15) is 0 Å². The van der Waals surface area contributed by atoms with Crippen LogP contribution in [0, 0.1) is 0 Å². The highest BCUT2D eigenvalue weighted by Gasteiger charge is 1.92. The molecule has 0 aliphatic carbocycles. The summed E-state index contributed by atoms with van der Waals surface area (Å²) in [4.78, 5) is 0. The fourth-order valence-electron chi connectivity index (χ4n) is 3.03. The van der Waals surface area contributed by atoms with Crippen molar-refractivity contribution in [3.63, 3.8) is 0 Å². The second-order valence-electron chi connectivity index (χ2n) is 7.43. The van der Waals surface area contributed by atoms with Crippen LogP contribution in [0.15, 0.2) is 54.6 Å². The van der Waals surface area contributed by atoms with Crippen molar-refractivity contribution >= 4 is 0 Å². The number of allylic oxidation sites excluding steroid dienone is 3. The van der Waals surface area contributed by atoms with E-state index in [1.807, 2.05) is 18.2 Å². The van der Waals surface area contributed by atoms with Crippen LogP contribution in [0.25, 0.3) is 0 Å². The summed E-state index contributed by atoms with van der Waals surface area (Å²) in [7, 11) is 0. The fraction of sp³-hybridized carbons (Fsp3) is 0.615. The summed E-state index contributed by atoms with van der Waals surface area (Å²) >= 11 is 0. The third kappa shape index (κ3) is 16.8. The molecule has 158 valence electrons. The Hall–Kier alpha value is -1.38. The molecule has 0 fully saturated rings. The van der Waals surface area contributed by atoms with Gasteiger partial charge in [-0.15, -0.1) is 0 Å². The van der Waals surface area contributed by atoms with Gasteiger partial charge in [0.1, 0.15) is 6.79 Å². The predicted octanol–water partition coefficient (Wildman–Crippen LogP) is 7.99. The quantitative estimate of drug-likeness (QED) is 0.136. The smallest absolute Gasteiger partial charge is 0.147 e. The third-order valence-electron chi connectivity index (χ3n) is 4.76. The lowest BCUT2D eigenvalue weighted by atomic mass is 10.1. The molecule has 2 nitrogen and oxygen atoms in total. The van der Waals surface area contributed by atoms with Gasteiger partial charge < -0.3 is 9.47 Å². The molecule has 0 bridgehead atoms. The average Bonchev–Trinajstić information content (AvgIpc) is 2.73. The lowest BCUT2D eigenvalue weighted by Gasteiger charge is -2.04. The SMILES string of the molecule is CCCC/C=C/CCCCCCCC/C=C/CCOCOCc1ccccc1. The summed E-state index contributed by atoms with van der Waals surface area (Å²) in [5, 5.41) is 0. The Morgan fingerprint density at radius 2 is 1.21 bits per heavy atom. The molecule has 0 spiro atoms. The van der Waals surface area contributed by atoms with Crippen LogP contribution in [-0.2, 0) is 16.1 Å². The predicted molar refractivity (Wildman–Crippen MR) is 121 cm³/mol. The molecule has 0 N–H and O–H groups in total. The molecular formula is C26H42O2. The van der Waals surface area contributed by atoms with Crippen LogP contribution in [0.5, 0.6) is 0 Å². The Balaban J connectivity index is 1.75. The Bertz CT molecular complexity index is 478. The van der Waals surface area contributed by atoms with E-state index in [0.29, 0.717) is 13.4 Å². The molecule has 1 aromatic rings. The van der Waals surface area contributed by atoms with E-state index in [1.54, 1.807) is 0 Å². The molecule has 0 aliphatic heterocycles. The van der Waals surface area contributed by atoms with E-state index in [2.05, 4.69) is 43.4 Å². The van der Waals surface area contributed by atoms with Crippen LogP contribution >= 0.6 is 0 Å². The maximum absolute atomic E-state index is 5.50. The molecule has 1 rings (SSSR count). The van der Waals surface area contributed by atoms with Gasteiger partial charge in [-0.1, -0.05) is 100 Å².